The Hall–Kier alpha value is -3.94. The lowest BCUT2D eigenvalue weighted by Crippen LogP contribution is -2.25. The Morgan fingerprint density at radius 3 is 2.50 bits per heavy atom. The molecular formula is C28H37N5O3. The molecule has 1 unspecified atom stereocenters. The summed E-state index contributed by atoms with van der Waals surface area (Å²) < 4.78 is 12.8. The molecule has 0 aliphatic carbocycles. The molecule has 192 valence electrons. The second-order valence-corrected chi connectivity index (χ2v) is 7.51. The van der Waals surface area contributed by atoms with Crippen LogP contribution in [-0.2, 0) is 0 Å². The van der Waals surface area contributed by atoms with E-state index in [1.165, 1.54) is 0 Å². The third-order valence-corrected chi connectivity index (χ3v) is 5.56. The molecule has 4 aromatic rings. The maximum absolute atomic E-state index is 12.9. The number of aromatic amines is 1. The average molecular weight is 492 g/mol. The second-order valence-electron chi connectivity index (χ2n) is 7.51. The number of allylic oxidation sites excluding steroid dienone is 2. The molecular weight excluding hydrogens is 454 g/mol. The first kappa shape index (κ1) is 28.3. The first-order valence-electron chi connectivity index (χ1n) is 12.3. The molecule has 1 aromatic carbocycles. The highest BCUT2D eigenvalue weighted by Gasteiger charge is 2.22. The third-order valence-electron chi connectivity index (χ3n) is 5.56. The van der Waals surface area contributed by atoms with Crippen LogP contribution in [0.25, 0.3) is 33.1 Å². The van der Waals surface area contributed by atoms with Crippen LogP contribution in [0.5, 0.6) is 5.75 Å². The van der Waals surface area contributed by atoms with Gasteiger partial charge in [-0.2, -0.15) is 0 Å². The molecule has 1 N–H and O–H groups in total. The molecule has 0 spiro atoms. The van der Waals surface area contributed by atoms with Gasteiger partial charge in [-0.15, -0.1) is 0 Å². The van der Waals surface area contributed by atoms with Crippen LogP contribution in [0.15, 0.2) is 57.6 Å². The van der Waals surface area contributed by atoms with E-state index < -0.39 is 0 Å². The minimum absolute atomic E-state index is 0.245. The monoisotopic (exact) mass is 491 g/mol. The first-order chi connectivity index (χ1) is 17.4. The minimum atomic E-state index is -0.344. The number of H-pyrrole nitrogens is 1. The standard InChI is InChI=1S/C24H25N5O3.2C2H6/c1-7-9-25-18(8-2)14(4)29-23-16-11-21(31-6)17(22-13(3)28-32-15(22)5)10-19(16)26-12-20(23)27-24(29)30;2*1-2/h7-12,14H,2H2,1,3-6H3,(H,27,30);2*1-2H3/b9-7-,25-18?;;. The lowest BCUT2D eigenvalue weighted by Gasteiger charge is -2.16. The number of aryl methyl sites for hydroxylation is 2. The van der Waals surface area contributed by atoms with Crippen LogP contribution in [0.2, 0.25) is 0 Å². The number of pyridine rings is 1. The van der Waals surface area contributed by atoms with Crippen LogP contribution in [-0.4, -0.2) is 32.5 Å². The Balaban J connectivity index is 0.00000109. The normalized spacial score (nSPS) is 12.2. The van der Waals surface area contributed by atoms with Crippen LogP contribution in [0.3, 0.4) is 0 Å². The van der Waals surface area contributed by atoms with E-state index in [0.29, 0.717) is 22.7 Å². The smallest absolute Gasteiger partial charge is 0.327 e. The van der Waals surface area contributed by atoms with E-state index in [9.17, 15) is 4.79 Å². The number of methoxy groups -OCH3 is 1. The molecule has 8 nitrogen and oxygen atoms in total. The number of ether oxygens (including phenoxy) is 1. The van der Waals surface area contributed by atoms with E-state index >= 15 is 0 Å². The van der Waals surface area contributed by atoms with Crippen molar-refractivity contribution < 1.29 is 9.26 Å². The molecule has 0 aliphatic heterocycles. The highest BCUT2D eigenvalue weighted by molar-refractivity contribution is 6.06. The molecule has 36 heavy (non-hydrogen) atoms. The van der Waals surface area contributed by atoms with E-state index in [-0.39, 0.29) is 11.7 Å². The fourth-order valence-corrected chi connectivity index (χ4v) is 4.06. The van der Waals surface area contributed by atoms with Gasteiger partial charge in [-0.1, -0.05) is 45.5 Å². The van der Waals surface area contributed by atoms with Crippen LogP contribution in [0, 0.1) is 13.8 Å². The van der Waals surface area contributed by atoms with E-state index in [1.807, 2.05) is 73.6 Å². The molecule has 0 saturated carbocycles. The molecule has 4 rings (SSSR count). The summed E-state index contributed by atoms with van der Waals surface area (Å²) in [5.74, 6) is 1.34. The van der Waals surface area contributed by atoms with Gasteiger partial charge in [0.1, 0.15) is 11.5 Å². The van der Waals surface area contributed by atoms with Gasteiger partial charge in [0.15, 0.2) is 0 Å². The van der Waals surface area contributed by atoms with Crippen LogP contribution in [0.1, 0.15) is 59.0 Å². The van der Waals surface area contributed by atoms with Crippen molar-refractivity contribution in [3.63, 3.8) is 0 Å². The molecule has 3 heterocycles. The predicted octanol–water partition coefficient (Wildman–Crippen LogP) is 6.93. The van der Waals surface area contributed by atoms with E-state index in [0.717, 1.165) is 33.2 Å². The first-order valence-corrected chi connectivity index (χ1v) is 12.3. The quantitative estimate of drug-likeness (QED) is 0.295. The van der Waals surface area contributed by atoms with Crippen molar-refractivity contribution >= 4 is 27.6 Å². The molecule has 0 amide bonds. The number of benzene rings is 1. The largest absolute Gasteiger partial charge is 0.496 e. The van der Waals surface area contributed by atoms with Crippen molar-refractivity contribution in [1.29, 1.82) is 0 Å². The van der Waals surface area contributed by atoms with Gasteiger partial charge in [-0.05, 0) is 45.9 Å². The highest BCUT2D eigenvalue weighted by Crippen LogP contribution is 2.38. The summed E-state index contributed by atoms with van der Waals surface area (Å²) in [7, 11) is 1.61. The van der Waals surface area contributed by atoms with Gasteiger partial charge in [-0.25, -0.2) is 4.79 Å². The van der Waals surface area contributed by atoms with E-state index in [4.69, 9.17) is 9.26 Å². The molecule has 0 saturated heterocycles. The van der Waals surface area contributed by atoms with Crippen LogP contribution < -0.4 is 10.4 Å². The number of hydrogen-bond acceptors (Lipinski definition) is 6. The zero-order valence-corrected chi connectivity index (χ0v) is 22.8. The Morgan fingerprint density at radius 2 is 1.94 bits per heavy atom. The minimum Gasteiger partial charge on any atom is -0.496 e. The Labute approximate surface area is 212 Å². The topological polar surface area (TPSA) is 98.3 Å². The summed E-state index contributed by atoms with van der Waals surface area (Å²) in [6.45, 7) is 19.4. The van der Waals surface area contributed by atoms with Gasteiger partial charge in [0.05, 0.1) is 52.9 Å². The highest BCUT2D eigenvalue weighted by atomic mass is 16.5. The van der Waals surface area contributed by atoms with Gasteiger partial charge < -0.3 is 14.2 Å². The summed E-state index contributed by atoms with van der Waals surface area (Å²) in [4.78, 5) is 24.9. The van der Waals surface area contributed by atoms with Crippen molar-refractivity contribution in [2.24, 2.45) is 4.99 Å². The Bertz CT molecular complexity index is 1430. The van der Waals surface area contributed by atoms with Gasteiger partial charge in [-0.3, -0.25) is 14.5 Å². The lowest BCUT2D eigenvalue weighted by atomic mass is 10.00. The Kier molecular flexibility index (Phi) is 9.96. The van der Waals surface area contributed by atoms with Crippen molar-refractivity contribution in [3.05, 3.63) is 65.2 Å². The summed E-state index contributed by atoms with van der Waals surface area (Å²) in [5, 5.41) is 4.85. The molecule has 0 fully saturated rings. The molecule has 3 aromatic heterocycles. The number of aromatic nitrogens is 4. The number of aliphatic imine (C=N–C) groups is 1. The molecule has 1 atom stereocenters. The van der Waals surface area contributed by atoms with Crippen molar-refractivity contribution in [1.82, 2.24) is 19.7 Å². The molecule has 0 bridgehead atoms. The number of fused-ring (bicyclic) bond motifs is 3. The average Bonchev–Trinajstić information content (AvgIpc) is 3.43. The van der Waals surface area contributed by atoms with Gasteiger partial charge in [0, 0.05) is 17.1 Å². The number of nitrogens with one attached hydrogen (secondary N) is 1. The SMILES string of the molecule is C=CC(=N/C=C\C)C(C)n1c(=O)[nH]c2cnc3cc(-c4c(C)noc4C)c(OC)cc3c21.CC.CC. The number of imidazole rings is 1. The zero-order valence-electron chi connectivity index (χ0n) is 22.8. The molecule has 0 aliphatic rings. The number of rotatable bonds is 6. The van der Waals surface area contributed by atoms with Crippen molar-refractivity contribution in [3.8, 4) is 16.9 Å². The summed E-state index contributed by atoms with van der Waals surface area (Å²) in [6.07, 6.45) is 6.85. The zero-order chi connectivity index (χ0) is 27.0. The lowest BCUT2D eigenvalue weighted by molar-refractivity contribution is 0.393. The van der Waals surface area contributed by atoms with Crippen LogP contribution >= 0.6 is 0 Å². The number of hydrogen-bond donors (Lipinski definition) is 1. The van der Waals surface area contributed by atoms with Crippen LogP contribution in [0.4, 0.5) is 0 Å². The Morgan fingerprint density at radius 1 is 1.25 bits per heavy atom. The summed E-state index contributed by atoms with van der Waals surface area (Å²) in [5.41, 5.74) is 4.99. The second kappa shape index (κ2) is 12.7. The maximum atomic E-state index is 12.9. The third kappa shape index (κ3) is 5.17. The fraction of sp³-hybridized carbons (Fsp3) is 0.357. The number of nitrogens with zero attached hydrogens (tertiary/aromatic N) is 4. The van der Waals surface area contributed by atoms with Gasteiger partial charge >= 0.3 is 5.69 Å². The van der Waals surface area contributed by atoms with Crippen molar-refractivity contribution in [2.45, 2.75) is 61.4 Å². The van der Waals surface area contributed by atoms with Gasteiger partial charge in [0.2, 0.25) is 0 Å². The van der Waals surface area contributed by atoms with Gasteiger partial charge in [0.25, 0.3) is 0 Å². The van der Waals surface area contributed by atoms with Crippen molar-refractivity contribution in [2.75, 3.05) is 7.11 Å². The van der Waals surface area contributed by atoms with E-state index in [1.54, 1.807) is 30.1 Å². The van der Waals surface area contributed by atoms with E-state index in [2.05, 4.69) is 26.7 Å². The molecule has 8 heteroatoms. The predicted molar refractivity (Wildman–Crippen MR) is 149 cm³/mol. The molecule has 0 radical (unpaired) electrons. The summed E-state index contributed by atoms with van der Waals surface area (Å²) >= 11 is 0. The fourth-order valence-electron chi connectivity index (χ4n) is 4.06. The maximum Gasteiger partial charge on any atom is 0.327 e. The summed E-state index contributed by atoms with van der Waals surface area (Å²) in [6, 6.07) is 3.50.